The molecule has 0 bridgehead atoms. The van der Waals surface area contributed by atoms with Gasteiger partial charge in [0, 0.05) is 34.9 Å². The molecule has 0 spiro atoms. The van der Waals surface area contributed by atoms with Crippen LogP contribution in [0.25, 0.3) is 22.0 Å². The maximum absolute atomic E-state index is 12.6. The zero-order chi connectivity index (χ0) is 20.2. The molecule has 2 aromatic heterocycles. The summed E-state index contributed by atoms with van der Waals surface area (Å²) in [7, 11) is 1.63. The van der Waals surface area contributed by atoms with E-state index in [1.807, 2.05) is 42.5 Å². The van der Waals surface area contributed by atoms with Gasteiger partial charge in [0.15, 0.2) is 0 Å². The Hall–Kier alpha value is -3.44. The third kappa shape index (κ3) is 4.20. The summed E-state index contributed by atoms with van der Waals surface area (Å²) in [5, 5.41) is 4.43. The van der Waals surface area contributed by atoms with Crippen LogP contribution in [0.2, 0.25) is 5.02 Å². The summed E-state index contributed by atoms with van der Waals surface area (Å²) in [5.41, 5.74) is 3.86. The maximum atomic E-state index is 12.6. The molecule has 1 amide bonds. The van der Waals surface area contributed by atoms with E-state index < -0.39 is 0 Å². The Kier molecular flexibility index (Phi) is 5.40. The molecule has 0 radical (unpaired) electrons. The number of methoxy groups -OCH3 is 1. The molecular formula is C23H18ClN3O2. The van der Waals surface area contributed by atoms with Crippen LogP contribution < -0.4 is 10.1 Å². The third-order valence-electron chi connectivity index (χ3n) is 4.60. The summed E-state index contributed by atoms with van der Waals surface area (Å²) in [6.07, 6.45) is 3.50. The maximum Gasteiger partial charge on any atom is 0.270 e. The zero-order valence-electron chi connectivity index (χ0n) is 15.7. The number of hydrogen-bond donors (Lipinski definition) is 1. The van der Waals surface area contributed by atoms with Crippen LogP contribution in [-0.2, 0) is 6.54 Å². The van der Waals surface area contributed by atoms with E-state index in [4.69, 9.17) is 16.3 Å². The topological polar surface area (TPSA) is 64.1 Å². The van der Waals surface area contributed by atoms with Crippen molar-refractivity contribution in [3.8, 4) is 16.9 Å². The number of hydrogen-bond acceptors (Lipinski definition) is 4. The average molecular weight is 404 g/mol. The average Bonchev–Trinajstić information content (AvgIpc) is 2.78. The standard InChI is InChI=1S/C23H18ClN3O2/c1-29-19-9-4-16(5-10-19)20-14-25-13-17-6-11-21(27-22(17)20)23(28)26-12-15-2-7-18(24)8-3-15/h2-11,13-14H,12H2,1H3,(H,26,28). The van der Waals surface area contributed by atoms with Crippen LogP contribution in [0.1, 0.15) is 16.1 Å². The molecule has 5 nitrogen and oxygen atoms in total. The van der Waals surface area contributed by atoms with E-state index in [9.17, 15) is 4.79 Å². The molecule has 0 fully saturated rings. The van der Waals surface area contributed by atoms with Crippen LogP contribution >= 0.6 is 11.6 Å². The molecule has 4 rings (SSSR count). The van der Waals surface area contributed by atoms with E-state index in [1.54, 1.807) is 37.7 Å². The van der Waals surface area contributed by atoms with Gasteiger partial charge in [-0.1, -0.05) is 35.9 Å². The highest BCUT2D eigenvalue weighted by Gasteiger charge is 2.12. The molecule has 2 aromatic carbocycles. The molecule has 0 saturated carbocycles. The summed E-state index contributed by atoms with van der Waals surface area (Å²) in [6, 6.07) is 18.6. The second kappa shape index (κ2) is 8.29. The van der Waals surface area contributed by atoms with Crippen molar-refractivity contribution in [1.82, 2.24) is 15.3 Å². The lowest BCUT2D eigenvalue weighted by molar-refractivity contribution is 0.0946. The fourth-order valence-corrected chi connectivity index (χ4v) is 3.15. The van der Waals surface area contributed by atoms with Crippen molar-refractivity contribution in [1.29, 1.82) is 0 Å². The van der Waals surface area contributed by atoms with Gasteiger partial charge in [0.2, 0.25) is 0 Å². The molecule has 1 N–H and O–H groups in total. The number of rotatable bonds is 5. The fraction of sp³-hybridized carbons (Fsp3) is 0.0870. The Morgan fingerprint density at radius 1 is 1.00 bits per heavy atom. The number of nitrogens with zero attached hydrogens (tertiary/aromatic N) is 2. The van der Waals surface area contributed by atoms with Crippen LogP contribution in [0.5, 0.6) is 5.75 Å². The number of ether oxygens (including phenoxy) is 1. The van der Waals surface area contributed by atoms with Gasteiger partial charge < -0.3 is 10.1 Å². The number of benzene rings is 2. The molecule has 2 heterocycles. The Morgan fingerprint density at radius 3 is 2.48 bits per heavy atom. The first-order chi connectivity index (χ1) is 14.1. The molecule has 0 saturated heterocycles. The molecule has 0 aliphatic heterocycles. The van der Waals surface area contributed by atoms with Crippen molar-refractivity contribution in [3.05, 3.63) is 89.3 Å². The smallest absolute Gasteiger partial charge is 0.270 e. The van der Waals surface area contributed by atoms with Crippen LogP contribution in [-0.4, -0.2) is 23.0 Å². The van der Waals surface area contributed by atoms with E-state index in [-0.39, 0.29) is 5.91 Å². The van der Waals surface area contributed by atoms with Gasteiger partial charge in [-0.2, -0.15) is 0 Å². The van der Waals surface area contributed by atoms with Gasteiger partial charge >= 0.3 is 0 Å². The van der Waals surface area contributed by atoms with Crippen LogP contribution in [0.3, 0.4) is 0 Å². The van der Waals surface area contributed by atoms with E-state index in [2.05, 4.69) is 15.3 Å². The van der Waals surface area contributed by atoms with Gasteiger partial charge in [-0.3, -0.25) is 9.78 Å². The first-order valence-electron chi connectivity index (χ1n) is 9.06. The number of carbonyl (C=O) groups is 1. The third-order valence-corrected chi connectivity index (χ3v) is 4.85. The largest absolute Gasteiger partial charge is 0.497 e. The monoisotopic (exact) mass is 403 g/mol. The van der Waals surface area contributed by atoms with Gasteiger partial charge in [-0.05, 0) is 47.5 Å². The number of fused-ring (bicyclic) bond motifs is 1. The van der Waals surface area contributed by atoms with Crippen molar-refractivity contribution in [3.63, 3.8) is 0 Å². The molecule has 6 heteroatoms. The molecule has 0 aliphatic rings. The highest BCUT2D eigenvalue weighted by atomic mass is 35.5. The van der Waals surface area contributed by atoms with E-state index in [0.29, 0.717) is 17.3 Å². The number of pyridine rings is 2. The van der Waals surface area contributed by atoms with Crippen molar-refractivity contribution in [2.45, 2.75) is 6.54 Å². The Morgan fingerprint density at radius 2 is 1.76 bits per heavy atom. The first-order valence-corrected chi connectivity index (χ1v) is 9.43. The minimum Gasteiger partial charge on any atom is -0.497 e. The van der Waals surface area contributed by atoms with Crippen LogP contribution in [0, 0.1) is 0 Å². The summed E-state index contributed by atoms with van der Waals surface area (Å²) in [5.74, 6) is 0.538. The lowest BCUT2D eigenvalue weighted by Gasteiger charge is -2.09. The second-order valence-electron chi connectivity index (χ2n) is 6.49. The minimum atomic E-state index is -0.237. The summed E-state index contributed by atoms with van der Waals surface area (Å²) in [4.78, 5) is 21.6. The van der Waals surface area contributed by atoms with Gasteiger partial charge in [0.05, 0.1) is 12.6 Å². The molecule has 144 valence electrons. The predicted molar refractivity (Wildman–Crippen MR) is 114 cm³/mol. The van der Waals surface area contributed by atoms with E-state index in [1.165, 1.54) is 0 Å². The molecular weight excluding hydrogens is 386 g/mol. The van der Waals surface area contributed by atoms with Gasteiger partial charge in [0.25, 0.3) is 5.91 Å². The lowest BCUT2D eigenvalue weighted by Crippen LogP contribution is -2.23. The zero-order valence-corrected chi connectivity index (χ0v) is 16.5. The number of amides is 1. The quantitative estimate of drug-likeness (QED) is 0.515. The summed E-state index contributed by atoms with van der Waals surface area (Å²) < 4.78 is 5.22. The van der Waals surface area contributed by atoms with Gasteiger partial charge in [0.1, 0.15) is 11.4 Å². The Balaban J connectivity index is 1.62. The number of aromatic nitrogens is 2. The lowest BCUT2D eigenvalue weighted by atomic mass is 10.0. The summed E-state index contributed by atoms with van der Waals surface area (Å²) >= 11 is 5.90. The van der Waals surface area contributed by atoms with Crippen molar-refractivity contribution in [2.75, 3.05) is 7.11 Å². The predicted octanol–water partition coefficient (Wildman–Crippen LogP) is 4.89. The van der Waals surface area contributed by atoms with Crippen LogP contribution in [0.15, 0.2) is 73.1 Å². The van der Waals surface area contributed by atoms with Crippen molar-refractivity contribution in [2.24, 2.45) is 0 Å². The minimum absolute atomic E-state index is 0.237. The highest BCUT2D eigenvalue weighted by Crippen LogP contribution is 2.28. The molecule has 29 heavy (non-hydrogen) atoms. The van der Waals surface area contributed by atoms with Crippen molar-refractivity contribution < 1.29 is 9.53 Å². The number of nitrogens with one attached hydrogen (secondary N) is 1. The Bertz CT molecular complexity index is 1160. The van der Waals surface area contributed by atoms with Crippen molar-refractivity contribution >= 4 is 28.4 Å². The van der Waals surface area contributed by atoms with Crippen LogP contribution in [0.4, 0.5) is 0 Å². The number of halogens is 1. The van der Waals surface area contributed by atoms with Gasteiger partial charge in [-0.25, -0.2) is 4.98 Å². The summed E-state index contributed by atoms with van der Waals surface area (Å²) in [6.45, 7) is 0.400. The first kappa shape index (κ1) is 18.9. The second-order valence-corrected chi connectivity index (χ2v) is 6.93. The SMILES string of the molecule is COc1ccc(-c2cncc3ccc(C(=O)NCc4ccc(Cl)cc4)nc23)cc1. The highest BCUT2D eigenvalue weighted by molar-refractivity contribution is 6.30. The normalized spacial score (nSPS) is 10.7. The molecule has 0 atom stereocenters. The van der Waals surface area contributed by atoms with E-state index >= 15 is 0 Å². The Labute approximate surface area is 173 Å². The fourth-order valence-electron chi connectivity index (χ4n) is 3.03. The molecule has 0 unspecified atom stereocenters. The van der Waals surface area contributed by atoms with E-state index in [0.717, 1.165) is 33.3 Å². The molecule has 0 aliphatic carbocycles. The van der Waals surface area contributed by atoms with Gasteiger partial charge in [-0.15, -0.1) is 0 Å². The molecule has 4 aromatic rings. The number of carbonyl (C=O) groups excluding carboxylic acids is 1.